The van der Waals surface area contributed by atoms with Crippen molar-refractivity contribution in [3.63, 3.8) is 0 Å². The van der Waals surface area contributed by atoms with Crippen LogP contribution in [0.2, 0.25) is 0 Å². The monoisotopic (exact) mass is 229 g/mol. The Kier molecular flexibility index (Phi) is 3.41. The summed E-state index contributed by atoms with van der Waals surface area (Å²) >= 11 is 0. The van der Waals surface area contributed by atoms with Crippen molar-refractivity contribution in [1.29, 1.82) is 0 Å². The highest BCUT2D eigenvalue weighted by Crippen LogP contribution is 2.11. The lowest BCUT2D eigenvalue weighted by molar-refractivity contribution is -0.512. The highest BCUT2D eigenvalue weighted by Gasteiger charge is 2.24. The summed E-state index contributed by atoms with van der Waals surface area (Å²) in [5.41, 5.74) is 0. The molecule has 82 valence electrons. The summed E-state index contributed by atoms with van der Waals surface area (Å²) in [6.45, 7) is 1.28. The number of hydrogen-bond donors (Lipinski definition) is 0. The van der Waals surface area contributed by atoms with E-state index in [4.69, 9.17) is 0 Å². The molecule has 0 heterocycles. The molecule has 0 aromatic heterocycles. The van der Waals surface area contributed by atoms with Crippen LogP contribution in [0.1, 0.15) is 6.92 Å². The lowest BCUT2D eigenvalue weighted by Crippen LogP contribution is -2.25. The van der Waals surface area contributed by atoms with Crippen molar-refractivity contribution in [3.05, 3.63) is 40.4 Å². The van der Waals surface area contributed by atoms with Crippen LogP contribution in [0.3, 0.4) is 0 Å². The van der Waals surface area contributed by atoms with Crippen LogP contribution in [0.15, 0.2) is 35.2 Å². The molecule has 0 aliphatic rings. The van der Waals surface area contributed by atoms with E-state index in [9.17, 15) is 18.5 Å². The molecule has 0 bridgehead atoms. The van der Waals surface area contributed by atoms with Crippen molar-refractivity contribution in [3.8, 4) is 0 Å². The van der Waals surface area contributed by atoms with Gasteiger partial charge in [0.2, 0.25) is 6.04 Å². The first-order valence-corrected chi connectivity index (χ1v) is 6.00. The van der Waals surface area contributed by atoms with Gasteiger partial charge in [-0.25, -0.2) is 8.42 Å². The zero-order valence-electron chi connectivity index (χ0n) is 8.16. The Hall–Kier alpha value is -1.43. The molecule has 1 aromatic carbocycles. The topological polar surface area (TPSA) is 77.3 Å². The number of sulfone groups is 1. The molecule has 15 heavy (non-hydrogen) atoms. The normalized spacial score (nSPS) is 13.4. The first-order valence-electron chi connectivity index (χ1n) is 4.35. The van der Waals surface area contributed by atoms with Gasteiger partial charge in [0.25, 0.3) is 0 Å². The summed E-state index contributed by atoms with van der Waals surface area (Å²) in [6.07, 6.45) is 0. The second-order valence-corrected chi connectivity index (χ2v) is 5.26. The first kappa shape index (κ1) is 11.6. The van der Waals surface area contributed by atoms with E-state index < -0.39 is 26.6 Å². The van der Waals surface area contributed by atoms with E-state index in [1.54, 1.807) is 18.2 Å². The highest BCUT2D eigenvalue weighted by molar-refractivity contribution is 7.91. The number of nitro groups is 1. The highest BCUT2D eigenvalue weighted by atomic mass is 32.2. The number of hydrogen-bond acceptors (Lipinski definition) is 4. The lowest BCUT2D eigenvalue weighted by atomic mass is 10.4. The standard InChI is InChI=1S/C9H11NO4S/c1-8(10(11)12)7-15(13,14)9-5-3-2-4-6-9/h2-6,8H,7H2,1H3. The van der Waals surface area contributed by atoms with Gasteiger partial charge in [-0.3, -0.25) is 10.1 Å². The summed E-state index contributed by atoms with van der Waals surface area (Å²) in [4.78, 5) is 9.88. The Morgan fingerprint density at radius 3 is 2.33 bits per heavy atom. The molecule has 0 aliphatic heterocycles. The maximum Gasteiger partial charge on any atom is 0.224 e. The second kappa shape index (κ2) is 4.39. The first-order chi connectivity index (χ1) is 6.93. The zero-order valence-corrected chi connectivity index (χ0v) is 8.98. The predicted molar refractivity (Wildman–Crippen MR) is 55.0 cm³/mol. The average Bonchev–Trinajstić information content (AvgIpc) is 2.18. The Labute approximate surface area is 87.8 Å². The minimum Gasteiger partial charge on any atom is -0.264 e. The molecular weight excluding hydrogens is 218 g/mol. The van der Waals surface area contributed by atoms with E-state index in [-0.39, 0.29) is 4.90 Å². The van der Waals surface area contributed by atoms with Crippen LogP contribution in [0.4, 0.5) is 0 Å². The summed E-state index contributed by atoms with van der Waals surface area (Å²) < 4.78 is 23.3. The zero-order chi connectivity index (χ0) is 11.5. The molecule has 0 spiro atoms. The van der Waals surface area contributed by atoms with Crippen LogP contribution < -0.4 is 0 Å². The van der Waals surface area contributed by atoms with E-state index in [1.807, 2.05) is 0 Å². The van der Waals surface area contributed by atoms with Crippen molar-refractivity contribution in [2.45, 2.75) is 17.9 Å². The van der Waals surface area contributed by atoms with Gasteiger partial charge < -0.3 is 0 Å². The van der Waals surface area contributed by atoms with E-state index in [1.165, 1.54) is 19.1 Å². The maximum absolute atomic E-state index is 11.6. The van der Waals surface area contributed by atoms with Crippen molar-refractivity contribution in [2.24, 2.45) is 0 Å². The van der Waals surface area contributed by atoms with Gasteiger partial charge in [-0.05, 0) is 12.1 Å². The molecule has 0 saturated heterocycles. The summed E-state index contributed by atoms with van der Waals surface area (Å²) in [7, 11) is -3.55. The minimum absolute atomic E-state index is 0.124. The third-order valence-corrected chi connectivity index (χ3v) is 3.83. The third kappa shape index (κ3) is 3.02. The quantitative estimate of drug-likeness (QED) is 0.572. The molecule has 0 fully saturated rings. The smallest absolute Gasteiger partial charge is 0.224 e. The van der Waals surface area contributed by atoms with Crippen LogP contribution in [0, 0.1) is 10.1 Å². The second-order valence-electron chi connectivity index (χ2n) is 3.23. The van der Waals surface area contributed by atoms with Gasteiger partial charge in [0.05, 0.1) is 4.90 Å². The van der Waals surface area contributed by atoms with Gasteiger partial charge in [0.1, 0.15) is 5.75 Å². The number of rotatable bonds is 4. The fourth-order valence-electron chi connectivity index (χ4n) is 1.10. The van der Waals surface area contributed by atoms with Gasteiger partial charge in [-0.15, -0.1) is 0 Å². The Morgan fingerprint density at radius 1 is 1.33 bits per heavy atom. The lowest BCUT2D eigenvalue weighted by Gasteiger charge is -2.05. The minimum atomic E-state index is -3.55. The molecule has 1 rings (SSSR count). The maximum atomic E-state index is 11.6. The summed E-state index contributed by atoms with van der Waals surface area (Å²) in [6, 6.07) is 6.64. The fourth-order valence-corrected chi connectivity index (χ4v) is 2.62. The van der Waals surface area contributed by atoms with E-state index in [0.29, 0.717) is 0 Å². The molecule has 0 saturated carbocycles. The third-order valence-electron chi connectivity index (χ3n) is 1.92. The molecule has 1 aromatic rings. The van der Waals surface area contributed by atoms with Crippen LogP contribution in [-0.4, -0.2) is 25.1 Å². The van der Waals surface area contributed by atoms with Crippen LogP contribution in [-0.2, 0) is 9.84 Å². The van der Waals surface area contributed by atoms with E-state index in [2.05, 4.69) is 0 Å². The molecule has 5 nitrogen and oxygen atoms in total. The van der Waals surface area contributed by atoms with Crippen LogP contribution in [0.25, 0.3) is 0 Å². The van der Waals surface area contributed by atoms with Crippen molar-refractivity contribution < 1.29 is 13.3 Å². The molecule has 0 amide bonds. The predicted octanol–water partition coefficient (Wildman–Crippen LogP) is 1.13. The van der Waals surface area contributed by atoms with Crippen molar-refractivity contribution in [2.75, 3.05) is 5.75 Å². The van der Waals surface area contributed by atoms with Gasteiger partial charge in [-0.2, -0.15) is 0 Å². The Morgan fingerprint density at radius 2 is 1.87 bits per heavy atom. The molecule has 0 aliphatic carbocycles. The van der Waals surface area contributed by atoms with Gasteiger partial charge >= 0.3 is 0 Å². The van der Waals surface area contributed by atoms with E-state index in [0.717, 1.165) is 0 Å². The summed E-state index contributed by atoms with van der Waals surface area (Å²) in [5, 5.41) is 10.3. The van der Waals surface area contributed by atoms with Crippen LogP contribution in [0.5, 0.6) is 0 Å². The number of benzene rings is 1. The SMILES string of the molecule is CC(CS(=O)(=O)c1ccccc1)[N+](=O)[O-]. The van der Waals surface area contributed by atoms with Crippen molar-refractivity contribution >= 4 is 9.84 Å². The summed E-state index contributed by atoms with van der Waals surface area (Å²) in [5.74, 6) is -0.468. The fraction of sp³-hybridized carbons (Fsp3) is 0.333. The molecule has 1 unspecified atom stereocenters. The molecule has 6 heteroatoms. The molecule has 0 radical (unpaired) electrons. The van der Waals surface area contributed by atoms with E-state index >= 15 is 0 Å². The molecule has 1 atom stereocenters. The number of nitrogens with zero attached hydrogens (tertiary/aromatic N) is 1. The molecular formula is C9H11NO4S. The van der Waals surface area contributed by atoms with Gasteiger partial charge in [0, 0.05) is 11.8 Å². The molecule has 0 N–H and O–H groups in total. The van der Waals surface area contributed by atoms with Crippen LogP contribution >= 0.6 is 0 Å². The Balaban J connectivity index is 2.91. The average molecular weight is 229 g/mol. The van der Waals surface area contributed by atoms with Gasteiger partial charge in [0.15, 0.2) is 9.84 Å². The van der Waals surface area contributed by atoms with Gasteiger partial charge in [-0.1, -0.05) is 18.2 Å². The largest absolute Gasteiger partial charge is 0.264 e. The Bertz CT molecular complexity index is 440. The van der Waals surface area contributed by atoms with Crippen molar-refractivity contribution in [1.82, 2.24) is 0 Å².